The Morgan fingerprint density at radius 1 is 0.949 bits per heavy atom. The van der Waals surface area contributed by atoms with E-state index in [-0.39, 0.29) is 5.91 Å². The van der Waals surface area contributed by atoms with Gasteiger partial charge in [-0.1, -0.05) is 18.2 Å². The van der Waals surface area contributed by atoms with Crippen LogP contribution in [-0.4, -0.2) is 67.3 Å². The van der Waals surface area contributed by atoms with E-state index in [4.69, 9.17) is 24.8 Å². The van der Waals surface area contributed by atoms with Gasteiger partial charge in [0.05, 0.1) is 31.4 Å². The predicted octanol–water partition coefficient (Wildman–Crippen LogP) is 4.87. The number of nitrogens with two attached hydrogens (primary N) is 1. The maximum atomic E-state index is 13.3. The number of hydrogen-bond acceptors (Lipinski definition) is 8. The van der Waals surface area contributed by atoms with Gasteiger partial charge in [-0.3, -0.25) is 19.7 Å². The molecule has 1 amide bonds. The summed E-state index contributed by atoms with van der Waals surface area (Å²) in [5.41, 5.74) is 0.990. The van der Waals surface area contributed by atoms with Crippen LogP contribution < -0.4 is 20.1 Å². The van der Waals surface area contributed by atoms with E-state index in [1.165, 1.54) is 12.1 Å². The van der Waals surface area contributed by atoms with Crippen LogP contribution in [0, 0.1) is 0 Å². The van der Waals surface area contributed by atoms with E-state index in [1.54, 1.807) is 24.4 Å². The Bertz CT molecular complexity index is 1390. The standard InChI is InChI=1S/C30H32N4O5/c1-36-29-21-27-25(20-26(29)30(35)34(31)15-5-14-33-16-18-37-19-17-33)28(12-13-32-27)39-24-10-8-23(9-11-24)38-22-6-3-2-4-7-22/h2-4,6-13,20-21H,5,14-19,31H2,1H3. The Morgan fingerprint density at radius 2 is 1.64 bits per heavy atom. The molecular formula is C30H32N4O5. The van der Waals surface area contributed by atoms with Crippen molar-refractivity contribution in [3.63, 3.8) is 0 Å². The minimum absolute atomic E-state index is 0.326. The Labute approximate surface area is 227 Å². The van der Waals surface area contributed by atoms with Gasteiger partial charge in [-0.15, -0.1) is 0 Å². The minimum Gasteiger partial charge on any atom is -0.496 e. The number of rotatable bonds is 10. The molecule has 0 bridgehead atoms. The van der Waals surface area contributed by atoms with Crippen LogP contribution in [0.25, 0.3) is 10.9 Å². The molecule has 2 heterocycles. The van der Waals surface area contributed by atoms with Crippen LogP contribution in [0.1, 0.15) is 16.8 Å². The number of morpholine rings is 1. The number of pyridine rings is 1. The largest absolute Gasteiger partial charge is 0.496 e. The highest BCUT2D eigenvalue weighted by Crippen LogP contribution is 2.34. The van der Waals surface area contributed by atoms with Gasteiger partial charge < -0.3 is 18.9 Å². The number of nitrogens with zero attached hydrogens (tertiary/aromatic N) is 3. The van der Waals surface area contributed by atoms with Crippen molar-refractivity contribution in [1.29, 1.82) is 0 Å². The average Bonchev–Trinajstić information content (AvgIpc) is 2.98. The average molecular weight is 529 g/mol. The summed E-state index contributed by atoms with van der Waals surface area (Å²) in [5, 5.41) is 1.92. The van der Waals surface area contributed by atoms with E-state index >= 15 is 0 Å². The molecule has 2 N–H and O–H groups in total. The molecule has 4 aromatic rings. The third-order valence-electron chi connectivity index (χ3n) is 6.52. The van der Waals surface area contributed by atoms with Crippen LogP contribution in [0.15, 0.2) is 79.0 Å². The highest BCUT2D eigenvalue weighted by atomic mass is 16.5. The van der Waals surface area contributed by atoms with Crippen molar-refractivity contribution in [2.24, 2.45) is 5.84 Å². The van der Waals surface area contributed by atoms with Crippen LogP contribution in [0.2, 0.25) is 0 Å². The number of para-hydroxylation sites is 1. The normalized spacial score (nSPS) is 13.7. The lowest BCUT2D eigenvalue weighted by Gasteiger charge is -2.27. The van der Waals surface area contributed by atoms with Crippen molar-refractivity contribution in [1.82, 2.24) is 14.9 Å². The van der Waals surface area contributed by atoms with Crippen LogP contribution in [0.4, 0.5) is 0 Å². The lowest BCUT2D eigenvalue weighted by atomic mass is 10.1. The smallest absolute Gasteiger partial charge is 0.271 e. The van der Waals surface area contributed by atoms with E-state index < -0.39 is 0 Å². The Kier molecular flexibility index (Phi) is 8.52. The van der Waals surface area contributed by atoms with Gasteiger partial charge in [-0.2, -0.15) is 0 Å². The van der Waals surface area contributed by atoms with Crippen LogP contribution in [0.5, 0.6) is 28.7 Å². The van der Waals surface area contributed by atoms with E-state index in [1.807, 2.05) is 54.6 Å². The number of amides is 1. The van der Waals surface area contributed by atoms with E-state index in [2.05, 4.69) is 9.88 Å². The van der Waals surface area contributed by atoms with Crippen LogP contribution in [-0.2, 0) is 4.74 Å². The fourth-order valence-electron chi connectivity index (χ4n) is 4.45. The third kappa shape index (κ3) is 6.64. The maximum absolute atomic E-state index is 13.3. The summed E-state index contributed by atoms with van der Waals surface area (Å²) in [6.45, 7) is 4.56. The molecule has 0 atom stereocenters. The molecule has 1 saturated heterocycles. The molecule has 9 nitrogen and oxygen atoms in total. The van der Waals surface area contributed by atoms with Crippen LogP contribution in [0.3, 0.4) is 0 Å². The van der Waals surface area contributed by atoms with Crippen molar-refractivity contribution < 1.29 is 23.7 Å². The van der Waals surface area contributed by atoms with Crippen molar-refractivity contribution in [2.45, 2.75) is 6.42 Å². The van der Waals surface area contributed by atoms with Crippen molar-refractivity contribution in [2.75, 3.05) is 46.5 Å². The number of aromatic nitrogens is 1. The Balaban J connectivity index is 1.31. The first kappa shape index (κ1) is 26.4. The topological polar surface area (TPSA) is 99.4 Å². The molecule has 1 aromatic heterocycles. The lowest BCUT2D eigenvalue weighted by molar-refractivity contribution is 0.0357. The predicted molar refractivity (Wildman–Crippen MR) is 148 cm³/mol. The maximum Gasteiger partial charge on any atom is 0.271 e. The van der Waals surface area contributed by atoms with Gasteiger partial charge in [-0.25, -0.2) is 5.84 Å². The summed E-state index contributed by atoms with van der Waals surface area (Å²) in [7, 11) is 1.52. The second-order valence-corrected chi connectivity index (χ2v) is 9.17. The van der Waals surface area contributed by atoms with Gasteiger partial charge in [0.25, 0.3) is 5.91 Å². The van der Waals surface area contributed by atoms with E-state index in [9.17, 15) is 4.79 Å². The first-order chi connectivity index (χ1) is 19.1. The SMILES string of the molecule is COc1cc2nccc(Oc3ccc(Oc4ccccc4)cc3)c2cc1C(=O)N(N)CCCN1CCOCC1. The molecule has 1 aliphatic heterocycles. The molecule has 39 heavy (non-hydrogen) atoms. The molecule has 9 heteroatoms. The molecule has 1 fully saturated rings. The van der Waals surface area contributed by atoms with Gasteiger partial charge in [0.15, 0.2) is 0 Å². The molecule has 202 valence electrons. The summed E-state index contributed by atoms with van der Waals surface area (Å²) < 4.78 is 23.0. The minimum atomic E-state index is -0.326. The molecule has 1 aliphatic rings. The fourth-order valence-corrected chi connectivity index (χ4v) is 4.45. The Morgan fingerprint density at radius 3 is 2.36 bits per heavy atom. The molecule has 0 radical (unpaired) electrons. The summed E-state index contributed by atoms with van der Waals surface area (Å²) >= 11 is 0. The third-order valence-corrected chi connectivity index (χ3v) is 6.52. The van der Waals surface area contributed by atoms with Gasteiger partial charge in [0.2, 0.25) is 0 Å². The monoisotopic (exact) mass is 528 g/mol. The van der Waals surface area contributed by atoms with Gasteiger partial charge in [0.1, 0.15) is 28.7 Å². The summed E-state index contributed by atoms with van der Waals surface area (Å²) in [4.78, 5) is 20.1. The summed E-state index contributed by atoms with van der Waals surface area (Å²) in [6, 6.07) is 22.1. The molecule has 0 unspecified atom stereocenters. The molecule has 0 spiro atoms. The first-order valence-electron chi connectivity index (χ1n) is 12.9. The van der Waals surface area contributed by atoms with Crippen molar-refractivity contribution in [3.05, 3.63) is 84.6 Å². The molecular weight excluding hydrogens is 496 g/mol. The quantitative estimate of drug-likeness (QED) is 0.177. The number of benzene rings is 3. The highest BCUT2D eigenvalue weighted by molar-refractivity contribution is 6.02. The zero-order chi connectivity index (χ0) is 27.0. The van der Waals surface area contributed by atoms with E-state index in [0.717, 1.165) is 45.0 Å². The zero-order valence-electron chi connectivity index (χ0n) is 21.9. The van der Waals surface area contributed by atoms with Gasteiger partial charge >= 0.3 is 0 Å². The molecule has 5 rings (SSSR count). The number of carbonyl (C=O) groups excluding carboxylic acids is 1. The van der Waals surface area contributed by atoms with E-state index in [0.29, 0.717) is 46.0 Å². The number of hydrogen-bond donors (Lipinski definition) is 1. The van der Waals surface area contributed by atoms with Crippen molar-refractivity contribution in [3.8, 4) is 28.7 Å². The summed E-state index contributed by atoms with van der Waals surface area (Å²) in [5.74, 6) is 8.90. The molecule has 0 aliphatic carbocycles. The summed E-state index contributed by atoms with van der Waals surface area (Å²) in [6.07, 6.45) is 2.42. The molecule has 0 saturated carbocycles. The van der Waals surface area contributed by atoms with Crippen LogP contribution >= 0.6 is 0 Å². The van der Waals surface area contributed by atoms with Crippen molar-refractivity contribution >= 4 is 16.8 Å². The second kappa shape index (κ2) is 12.6. The fraction of sp³-hybridized carbons (Fsp3) is 0.267. The number of carbonyl (C=O) groups is 1. The van der Waals surface area contributed by atoms with Gasteiger partial charge in [0, 0.05) is 43.8 Å². The number of ether oxygens (including phenoxy) is 4. The number of fused-ring (bicyclic) bond motifs is 1. The number of hydrazine groups is 1. The Hall–Kier alpha value is -4.18. The second-order valence-electron chi connectivity index (χ2n) is 9.17. The number of methoxy groups -OCH3 is 1. The molecule has 3 aromatic carbocycles. The highest BCUT2D eigenvalue weighted by Gasteiger charge is 2.20. The zero-order valence-corrected chi connectivity index (χ0v) is 21.9. The first-order valence-corrected chi connectivity index (χ1v) is 12.9. The van der Waals surface area contributed by atoms with Gasteiger partial charge in [-0.05, 0) is 55.0 Å². The lowest BCUT2D eigenvalue weighted by Crippen LogP contribution is -2.41.